The van der Waals surface area contributed by atoms with Crippen molar-refractivity contribution in [1.29, 1.82) is 0 Å². The van der Waals surface area contributed by atoms with Gasteiger partial charge < -0.3 is 19.2 Å². The molecule has 1 N–H and O–H groups in total. The first-order valence-electron chi connectivity index (χ1n) is 10.0. The summed E-state index contributed by atoms with van der Waals surface area (Å²) < 4.78 is 15.9. The van der Waals surface area contributed by atoms with Crippen LogP contribution in [0.1, 0.15) is 31.4 Å². The summed E-state index contributed by atoms with van der Waals surface area (Å²) in [5.74, 6) is -0.275. The SMILES string of the molecule is Cc1cc(=O)oc2cc(OC(=O)[C@@H](CC(C)C)NC(=O)OCc3ccccc3)ccc12. The van der Waals surface area contributed by atoms with Gasteiger partial charge in [-0.3, -0.25) is 0 Å². The normalized spacial score (nSPS) is 11.9. The number of aryl methyl sites for hydroxylation is 1. The van der Waals surface area contributed by atoms with E-state index in [1.807, 2.05) is 44.2 Å². The largest absolute Gasteiger partial charge is 0.445 e. The zero-order chi connectivity index (χ0) is 22.4. The summed E-state index contributed by atoms with van der Waals surface area (Å²) in [5, 5.41) is 3.34. The van der Waals surface area contributed by atoms with Gasteiger partial charge in [-0.15, -0.1) is 0 Å². The van der Waals surface area contributed by atoms with E-state index < -0.39 is 23.7 Å². The molecule has 7 nitrogen and oxygen atoms in total. The average molecular weight is 423 g/mol. The summed E-state index contributed by atoms with van der Waals surface area (Å²) in [5.41, 5.74) is 1.46. The summed E-state index contributed by atoms with van der Waals surface area (Å²) in [4.78, 5) is 36.6. The van der Waals surface area contributed by atoms with Crippen LogP contribution < -0.4 is 15.7 Å². The monoisotopic (exact) mass is 423 g/mol. The van der Waals surface area contributed by atoms with Crippen LogP contribution in [0.25, 0.3) is 11.0 Å². The molecule has 0 aliphatic carbocycles. The molecule has 31 heavy (non-hydrogen) atoms. The number of carbonyl (C=O) groups is 2. The van der Waals surface area contributed by atoms with Crippen LogP contribution in [0.2, 0.25) is 0 Å². The fourth-order valence-corrected chi connectivity index (χ4v) is 3.15. The summed E-state index contributed by atoms with van der Waals surface area (Å²) in [6.07, 6.45) is -0.326. The van der Waals surface area contributed by atoms with Crippen LogP contribution in [0.4, 0.5) is 4.79 Å². The Morgan fingerprint density at radius 2 is 1.81 bits per heavy atom. The number of carbonyl (C=O) groups excluding carboxylic acids is 2. The predicted molar refractivity (Wildman–Crippen MR) is 116 cm³/mol. The fourth-order valence-electron chi connectivity index (χ4n) is 3.15. The second-order valence-electron chi connectivity index (χ2n) is 7.72. The van der Waals surface area contributed by atoms with Crippen molar-refractivity contribution in [3.05, 3.63) is 76.1 Å². The zero-order valence-corrected chi connectivity index (χ0v) is 17.7. The maximum absolute atomic E-state index is 12.7. The number of hydrogen-bond donors (Lipinski definition) is 1. The number of nitrogens with one attached hydrogen (secondary N) is 1. The van der Waals surface area contributed by atoms with Crippen molar-refractivity contribution in [1.82, 2.24) is 5.32 Å². The lowest BCUT2D eigenvalue weighted by atomic mass is 10.0. The second kappa shape index (κ2) is 9.93. The molecule has 0 aliphatic rings. The van der Waals surface area contributed by atoms with E-state index in [1.165, 1.54) is 12.1 Å². The molecule has 1 aromatic heterocycles. The highest BCUT2D eigenvalue weighted by Crippen LogP contribution is 2.23. The van der Waals surface area contributed by atoms with Gasteiger partial charge in [-0.05, 0) is 42.5 Å². The van der Waals surface area contributed by atoms with Gasteiger partial charge >= 0.3 is 17.7 Å². The van der Waals surface area contributed by atoms with Crippen LogP contribution in [-0.4, -0.2) is 18.1 Å². The number of ether oxygens (including phenoxy) is 2. The molecular weight excluding hydrogens is 398 g/mol. The number of esters is 1. The minimum Gasteiger partial charge on any atom is -0.445 e. The van der Waals surface area contributed by atoms with Gasteiger partial charge in [-0.25, -0.2) is 14.4 Å². The van der Waals surface area contributed by atoms with Crippen molar-refractivity contribution in [3.8, 4) is 5.75 Å². The van der Waals surface area contributed by atoms with Crippen molar-refractivity contribution < 1.29 is 23.5 Å². The van der Waals surface area contributed by atoms with Crippen molar-refractivity contribution in [2.75, 3.05) is 0 Å². The number of rotatable bonds is 7. The van der Waals surface area contributed by atoms with Crippen molar-refractivity contribution in [3.63, 3.8) is 0 Å². The van der Waals surface area contributed by atoms with E-state index in [2.05, 4.69) is 5.32 Å². The molecule has 0 bridgehead atoms. The maximum atomic E-state index is 12.7. The molecule has 7 heteroatoms. The summed E-state index contributed by atoms with van der Waals surface area (Å²) in [7, 11) is 0. The average Bonchev–Trinajstić information content (AvgIpc) is 2.72. The number of fused-ring (bicyclic) bond motifs is 1. The smallest absolute Gasteiger partial charge is 0.408 e. The number of benzene rings is 2. The molecular formula is C24H25NO6. The minimum atomic E-state index is -0.886. The molecule has 0 radical (unpaired) electrons. The molecule has 0 fully saturated rings. The Bertz CT molecular complexity index is 1120. The van der Waals surface area contributed by atoms with Crippen molar-refractivity contribution >= 4 is 23.0 Å². The number of hydrogen-bond acceptors (Lipinski definition) is 6. The highest BCUT2D eigenvalue weighted by Gasteiger charge is 2.25. The van der Waals surface area contributed by atoms with E-state index in [0.29, 0.717) is 12.0 Å². The molecule has 0 aliphatic heterocycles. The Morgan fingerprint density at radius 3 is 2.52 bits per heavy atom. The predicted octanol–water partition coefficient (Wildman–Crippen LogP) is 4.35. The molecule has 0 saturated heterocycles. The van der Waals surface area contributed by atoms with E-state index in [-0.39, 0.29) is 18.3 Å². The van der Waals surface area contributed by atoms with Crippen LogP contribution in [0.5, 0.6) is 5.75 Å². The van der Waals surface area contributed by atoms with Gasteiger partial charge in [0.25, 0.3) is 0 Å². The van der Waals surface area contributed by atoms with Crippen molar-refractivity contribution in [2.24, 2.45) is 5.92 Å². The van der Waals surface area contributed by atoms with E-state index in [0.717, 1.165) is 16.5 Å². The number of amides is 1. The quantitative estimate of drug-likeness (QED) is 0.345. The van der Waals surface area contributed by atoms with Gasteiger partial charge in [0.2, 0.25) is 0 Å². The summed E-state index contributed by atoms with van der Waals surface area (Å²) in [6.45, 7) is 5.77. The molecule has 1 heterocycles. The standard InChI is InChI=1S/C24H25NO6/c1-15(2)11-20(25-24(28)29-14-17-7-5-4-6-8-17)23(27)30-18-9-10-19-16(3)12-22(26)31-21(19)13-18/h4-10,12-13,15,20H,11,14H2,1-3H3,(H,25,28)/t20-/m1/s1. The fraction of sp³-hybridized carbons (Fsp3) is 0.292. The van der Waals surface area contributed by atoms with Gasteiger partial charge in [-0.2, -0.15) is 0 Å². The van der Waals surface area contributed by atoms with E-state index >= 15 is 0 Å². The molecule has 0 spiro atoms. The Balaban J connectivity index is 1.68. The molecule has 1 amide bonds. The maximum Gasteiger partial charge on any atom is 0.408 e. The Kier molecular flexibility index (Phi) is 7.07. The highest BCUT2D eigenvalue weighted by molar-refractivity contribution is 5.85. The molecule has 3 rings (SSSR count). The molecule has 162 valence electrons. The van der Waals surface area contributed by atoms with Gasteiger partial charge in [0.1, 0.15) is 24.0 Å². The first-order chi connectivity index (χ1) is 14.8. The van der Waals surface area contributed by atoms with Crippen LogP contribution >= 0.6 is 0 Å². The minimum absolute atomic E-state index is 0.0964. The van der Waals surface area contributed by atoms with E-state index in [1.54, 1.807) is 19.1 Å². The lowest BCUT2D eigenvalue weighted by Gasteiger charge is -2.19. The third kappa shape index (κ3) is 6.18. The lowest BCUT2D eigenvalue weighted by Crippen LogP contribution is -2.44. The second-order valence-corrected chi connectivity index (χ2v) is 7.72. The van der Waals surface area contributed by atoms with Crippen LogP contribution in [0.3, 0.4) is 0 Å². The summed E-state index contributed by atoms with van der Waals surface area (Å²) >= 11 is 0. The molecule has 1 atom stereocenters. The Morgan fingerprint density at radius 1 is 1.06 bits per heavy atom. The zero-order valence-electron chi connectivity index (χ0n) is 17.7. The van der Waals surface area contributed by atoms with Crippen LogP contribution in [-0.2, 0) is 16.1 Å². The summed E-state index contributed by atoms with van der Waals surface area (Å²) in [6, 6.07) is 14.6. The Labute approximate surface area is 180 Å². The van der Waals surface area contributed by atoms with Crippen LogP contribution in [0.15, 0.2) is 63.8 Å². The molecule has 3 aromatic rings. The Hall–Kier alpha value is -3.61. The van der Waals surface area contributed by atoms with E-state index in [4.69, 9.17) is 13.9 Å². The molecule has 2 aromatic carbocycles. The topological polar surface area (TPSA) is 94.8 Å². The van der Waals surface area contributed by atoms with Gasteiger partial charge in [0.15, 0.2) is 0 Å². The third-order valence-corrected chi connectivity index (χ3v) is 4.64. The first-order valence-corrected chi connectivity index (χ1v) is 10.0. The molecule has 0 unspecified atom stereocenters. The number of alkyl carbamates (subject to hydrolysis) is 1. The lowest BCUT2D eigenvalue weighted by molar-refractivity contribution is -0.137. The highest BCUT2D eigenvalue weighted by atomic mass is 16.6. The van der Waals surface area contributed by atoms with Gasteiger partial charge in [0, 0.05) is 17.5 Å². The molecule has 0 saturated carbocycles. The van der Waals surface area contributed by atoms with Crippen LogP contribution in [0, 0.1) is 12.8 Å². The first kappa shape index (κ1) is 22.1. The van der Waals surface area contributed by atoms with E-state index in [9.17, 15) is 14.4 Å². The third-order valence-electron chi connectivity index (χ3n) is 4.64. The van der Waals surface area contributed by atoms with Gasteiger partial charge in [-0.1, -0.05) is 44.2 Å². The van der Waals surface area contributed by atoms with Crippen molar-refractivity contribution in [2.45, 2.75) is 39.8 Å². The van der Waals surface area contributed by atoms with Gasteiger partial charge in [0.05, 0.1) is 0 Å².